The van der Waals surface area contributed by atoms with Crippen LogP contribution in [0.2, 0.25) is 0 Å². The molecule has 1 saturated heterocycles. The van der Waals surface area contributed by atoms with Gasteiger partial charge < -0.3 is 15.0 Å². The van der Waals surface area contributed by atoms with Crippen LogP contribution in [0.3, 0.4) is 0 Å². The van der Waals surface area contributed by atoms with E-state index in [9.17, 15) is 4.79 Å². The number of rotatable bonds is 1. The molecule has 0 radical (unpaired) electrons. The number of hydrogen-bond donors (Lipinski definition) is 1. The molecule has 0 aromatic carbocycles. The fourth-order valence-corrected chi connectivity index (χ4v) is 2.86. The van der Waals surface area contributed by atoms with Crippen LogP contribution in [-0.2, 0) is 4.74 Å². The number of urea groups is 1. The van der Waals surface area contributed by atoms with Crippen molar-refractivity contribution in [3.8, 4) is 0 Å². The van der Waals surface area contributed by atoms with Crippen LogP contribution in [0, 0.1) is 0 Å². The van der Waals surface area contributed by atoms with Gasteiger partial charge in [-0.15, -0.1) is 0 Å². The van der Waals surface area contributed by atoms with Crippen LogP contribution >= 0.6 is 0 Å². The van der Waals surface area contributed by atoms with Gasteiger partial charge in [0.25, 0.3) is 0 Å². The molecule has 0 bridgehead atoms. The lowest BCUT2D eigenvalue weighted by Crippen LogP contribution is -2.53. The third kappa shape index (κ3) is 3.60. The second-order valence-electron chi connectivity index (χ2n) is 5.45. The molecular weight excluding hydrogens is 216 g/mol. The maximum Gasteiger partial charge on any atom is 0.317 e. The third-order valence-electron chi connectivity index (χ3n) is 3.64. The van der Waals surface area contributed by atoms with E-state index in [4.69, 9.17) is 4.74 Å². The SMILES string of the molecule is C[C@H]1CN(C(=O)NC2CCCCC2)C[C@H](C)O1. The molecule has 1 saturated carbocycles. The Morgan fingerprint density at radius 3 is 2.29 bits per heavy atom. The van der Waals surface area contributed by atoms with Gasteiger partial charge in [0.1, 0.15) is 0 Å². The zero-order valence-electron chi connectivity index (χ0n) is 10.9. The highest BCUT2D eigenvalue weighted by molar-refractivity contribution is 5.74. The summed E-state index contributed by atoms with van der Waals surface area (Å²) in [6.07, 6.45) is 6.40. The van der Waals surface area contributed by atoms with Gasteiger partial charge in [0.15, 0.2) is 0 Å². The molecular formula is C13H24N2O2. The highest BCUT2D eigenvalue weighted by atomic mass is 16.5. The van der Waals surface area contributed by atoms with Gasteiger partial charge in [-0.1, -0.05) is 19.3 Å². The van der Waals surface area contributed by atoms with E-state index in [0.717, 1.165) is 12.8 Å². The number of nitrogens with zero attached hydrogens (tertiary/aromatic N) is 1. The molecule has 2 aliphatic rings. The van der Waals surface area contributed by atoms with Crippen molar-refractivity contribution in [3.63, 3.8) is 0 Å². The first-order valence-corrected chi connectivity index (χ1v) is 6.86. The number of carbonyl (C=O) groups is 1. The lowest BCUT2D eigenvalue weighted by Gasteiger charge is -2.36. The van der Waals surface area contributed by atoms with E-state index in [1.807, 2.05) is 18.7 Å². The van der Waals surface area contributed by atoms with Crippen molar-refractivity contribution >= 4 is 6.03 Å². The average Bonchev–Trinajstić information content (AvgIpc) is 2.29. The minimum atomic E-state index is 0.0962. The van der Waals surface area contributed by atoms with Crippen molar-refractivity contribution in [2.75, 3.05) is 13.1 Å². The summed E-state index contributed by atoms with van der Waals surface area (Å²) in [5, 5.41) is 3.16. The van der Waals surface area contributed by atoms with Gasteiger partial charge in [0, 0.05) is 19.1 Å². The summed E-state index contributed by atoms with van der Waals surface area (Å²) in [7, 11) is 0. The standard InChI is InChI=1S/C13H24N2O2/c1-10-8-15(9-11(2)17-10)13(16)14-12-6-4-3-5-7-12/h10-12H,3-9H2,1-2H3,(H,14,16)/t10-,11-/m0/s1. The second-order valence-corrected chi connectivity index (χ2v) is 5.45. The van der Waals surface area contributed by atoms with Gasteiger partial charge in [-0.05, 0) is 26.7 Å². The number of amides is 2. The molecule has 17 heavy (non-hydrogen) atoms. The second kappa shape index (κ2) is 5.71. The van der Waals surface area contributed by atoms with Crippen LogP contribution in [0.25, 0.3) is 0 Å². The van der Waals surface area contributed by atoms with E-state index in [1.165, 1.54) is 19.3 Å². The Hall–Kier alpha value is -0.770. The molecule has 1 N–H and O–H groups in total. The molecule has 2 atom stereocenters. The van der Waals surface area contributed by atoms with E-state index in [1.54, 1.807) is 0 Å². The molecule has 0 unspecified atom stereocenters. The molecule has 98 valence electrons. The summed E-state index contributed by atoms with van der Waals surface area (Å²) < 4.78 is 5.63. The van der Waals surface area contributed by atoms with Crippen LogP contribution in [-0.4, -0.2) is 42.3 Å². The molecule has 4 heteroatoms. The van der Waals surface area contributed by atoms with Gasteiger partial charge >= 0.3 is 6.03 Å². The van der Waals surface area contributed by atoms with Gasteiger partial charge in [-0.3, -0.25) is 0 Å². The first-order chi connectivity index (χ1) is 8.15. The minimum Gasteiger partial charge on any atom is -0.372 e. The normalized spacial score (nSPS) is 31.3. The Morgan fingerprint density at radius 2 is 1.71 bits per heavy atom. The van der Waals surface area contributed by atoms with E-state index in [2.05, 4.69) is 5.32 Å². The Bertz CT molecular complexity index is 254. The summed E-state index contributed by atoms with van der Waals surface area (Å²) in [5.74, 6) is 0. The summed E-state index contributed by atoms with van der Waals surface area (Å²) in [6.45, 7) is 5.47. The highest BCUT2D eigenvalue weighted by Crippen LogP contribution is 2.18. The number of ether oxygens (including phenoxy) is 1. The van der Waals surface area contributed by atoms with Crippen molar-refractivity contribution in [2.24, 2.45) is 0 Å². The summed E-state index contributed by atoms with van der Waals surface area (Å²) in [4.78, 5) is 14.0. The molecule has 0 aromatic heterocycles. The van der Waals surface area contributed by atoms with E-state index < -0.39 is 0 Å². The zero-order valence-corrected chi connectivity index (χ0v) is 10.9. The van der Waals surface area contributed by atoms with Gasteiger partial charge in [-0.2, -0.15) is 0 Å². The number of morpholine rings is 1. The van der Waals surface area contributed by atoms with Crippen LogP contribution in [0.1, 0.15) is 46.0 Å². The summed E-state index contributed by atoms with van der Waals surface area (Å²) in [6, 6.07) is 0.489. The fraction of sp³-hybridized carbons (Fsp3) is 0.923. The fourth-order valence-electron chi connectivity index (χ4n) is 2.86. The molecule has 0 aromatic rings. The van der Waals surface area contributed by atoms with Gasteiger partial charge in [0.05, 0.1) is 12.2 Å². The van der Waals surface area contributed by atoms with Crippen molar-refractivity contribution in [2.45, 2.75) is 64.2 Å². The minimum absolute atomic E-state index is 0.0962. The van der Waals surface area contributed by atoms with E-state index in [-0.39, 0.29) is 18.2 Å². The highest BCUT2D eigenvalue weighted by Gasteiger charge is 2.27. The van der Waals surface area contributed by atoms with Crippen LogP contribution in [0.15, 0.2) is 0 Å². The quantitative estimate of drug-likeness (QED) is 0.763. The molecule has 2 rings (SSSR count). The molecule has 0 spiro atoms. The van der Waals surface area contributed by atoms with Crippen molar-refractivity contribution in [1.82, 2.24) is 10.2 Å². The van der Waals surface area contributed by atoms with Crippen LogP contribution in [0.4, 0.5) is 4.79 Å². The molecule has 4 nitrogen and oxygen atoms in total. The monoisotopic (exact) mass is 240 g/mol. The Labute approximate surface area is 104 Å². The number of hydrogen-bond acceptors (Lipinski definition) is 2. The van der Waals surface area contributed by atoms with Crippen molar-refractivity contribution < 1.29 is 9.53 Å². The molecule has 1 heterocycles. The Balaban J connectivity index is 1.81. The Morgan fingerprint density at radius 1 is 1.12 bits per heavy atom. The summed E-state index contributed by atoms with van der Waals surface area (Å²) in [5.41, 5.74) is 0. The van der Waals surface area contributed by atoms with Gasteiger partial charge in [0.2, 0.25) is 0 Å². The average molecular weight is 240 g/mol. The van der Waals surface area contributed by atoms with E-state index in [0.29, 0.717) is 19.1 Å². The number of carbonyl (C=O) groups excluding carboxylic acids is 1. The molecule has 2 fully saturated rings. The first-order valence-electron chi connectivity index (χ1n) is 6.86. The summed E-state index contributed by atoms with van der Waals surface area (Å²) >= 11 is 0. The number of nitrogens with one attached hydrogen (secondary N) is 1. The van der Waals surface area contributed by atoms with Gasteiger partial charge in [-0.25, -0.2) is 4.79 Å². The zero-order chi connectivity index (χ0) is 12.3. The predicted octanol–water partition coefficient (Wildman–Crippen LogP) is 2.14. The Kier molecular flexibility index (Phi) is 4.26. The topological polar surface area (TPSA) is 41.6 Å². The first kappa shape index (κ1) is 12.7. The molecule has 1 aliphatic heterocycles. The maximum atomic E-state index is 12.1. The van der Waals surface area contributed by atoms with E-state index >= 15 is 0 Å². The lowest BCUT2D eigenvalue weighted by molar-refractivity contribution is -0.0548. The van der Waals surface area contributed by atoms with Crippen molar-refractivity contribution in [3.05, 3.63) is 0 Å². The predicted molar refractivity (Wildman–Crippen MR) is 67.0 cm³/mol. The maximum absolute atomic E-state index is 12.1. The molecule has 2 amide bonds. The smallest absolute Gasteiger partial charge is 0.317 e. The van der Waals surface area contributed by atoms with Crippen LogP contribution < -0.4 is 5.32 Å². The lowest BCUT2D eigenvalue weighted by atomic mass is 9.96. The van der Waals surface area contributed by atoms with Crippen molar-refractivity contribution in [1.29, 1.82) is 0 Å². The van der Waals surface area contributed by atoms with Crippen LogP contribution in [0.5, 0.6) is 0 Å². The largest absolute Gasteiger partial charge is 0.372 e. The third-order valence-corrected chi connectivity index (χ3v) is 3.64. The molecule has 1 aliphatic carbocycles.